The summed E-state index contributed by atoms with van der Waals surface area (Å²) in [6, 6.07) is 3.80. The predicted octanol–water partition coefficient (Wildman–Crippen LogP) is 4.45. The van der Waals surface area contributed by atoms with Crippen LogP contribution in [0.3, 0.4) is 0 Å². The highest BCUT2D eigenvalue weighted by molar-refractivity contribution is 6.31. The van der Waals surface area contributed by atoms with Crippen LogP contribution in [-0.4, -0.2) is 4.98 Å². The summed E-state index contributed by atoms with van der Waals surface area (Å²) >= 11 is 6.01. The normalized spacial score (nSPS) is 17.4. The Morgan fingerprint density at radius 2 is 2.06 bits per heavy atom. The highest BCUT2D eigenvalue weighted by atomic mass is 35.5. The third-order valence-corrected chi connectivity index (χ3v) is 3.58. The summed E-state index contributed by atoms with van der Waals surface area (Å²) < 4.78 is 5.87. The highest BCUT2D eigenvalue weighted by Crippen LogP contribution is 2.36. The van der Waals surface area contributed by atoms with Gasteiger partial charge in [-0.15, -0.1) is 0 Å². The van der Waals surface area contributed by atoms with Gasteiger partial charge in [0.05, 0.1) is 0 Å². The second kappa shape index (κ2) is 3.77. The molecule has 3 rings (SSSR count). The van der Waals surface area contributed by atoms with Gasteiger partial charge in [-0.1, -0.05) is 24.4 Å². The van der Waals surface area contributed by atoms with Crippen molar-refractivity contribution in [2.75, 3.05) is 0 Å². The maximum atomic E-state index is 6.01. The molecule has 0 radical (unpaired) electrons. The van der Waals surface area contributed by atoms with Gasteiger partial charge in [0, 0.05) is 10.9 Å². The number of rotatable bonds is 1. The Balaban J connectivity index is 2.11. The van der Waals surface area contributed by atoms with Crippen molar-refractivity contribution in [3.8, 4) is 0 Å². The van der Waals surface area contributed by atoms with Gasteiger partial charge in [0.2, 0.25) is 0 Å². The minimum Gasteiger partial charge on any atom is -0.440 e. The molecule has 0 amide bonds. The number of oxazole rings is 1. The van der Waals surface area contributed by atoms with Crippen LogP contribution in [-0.2, 0) is 0 Å². The molecule has 3 heteroatoms. The van der Waals surface area contributed by atoms with Crippen LogP contribution in [0.2, 0.25) is 5.02 Å². The first-order chi connectivity index (χ1) is 7.74. The van der Waals surface area contributed by atoms with Crippen molar-refractivity contribution < 1.29 is 4.42 Å². The van der Waals surface area contributed by atoms with E-state index in [-0.39, 0.29) is 0 Å². The largest absolute Gasteiger partial charge is 0.440 e. The molecular formula is C13H14ClNO. The fourth-order valence-electron chi connectivity index (χ4n) is 2.52. The fourth-order valence-corrected chi connectivity index (χ4v) is 2.79. The van der Waals surface area contributed by atoms with Crippen molar-refractivity contribution in [3.63, 3.8) is 0 Å². The zero-order valence-corrected chi connectivity index (χ0v) is 10.0. The molecule has 1 aliphatic carbocycles. The SMILES string of the molecule is Cc1cc(Cl)cc2nc(C3CCCC3)oc12. The van der Waals surface area contributed by atoms with Crippen molar-refractivity contribution in [3.05, 3.63) is 28.6 Å². The minimum atomic E-state index is 0.519. The molecule has 1 aliphatic rings. The van der Waals surface area contributed by atoms with Gasteiger partial charge in [-0.2, -0.15) is 0 Å². The molecule has 84 valence electrons. The lowest BCUT2D eigenvalue weighted by atomic mass is 10.1. The molecule has 1 saturated carbocycles. The van der Waals surface area contributed by atoms with Gasteiger partial charge >= 0.3 is 0 Å². The second-order valence-corrected chi connectivity index (χ2v) is 5.04. The Bertz CT molecular complexity index is 526. The first kappa shape index (κ1) is 10.2. The van der Waals surface area contributed by atoms with Gasteiger partial charge in [0.1, 0.15) is 5.52 Å². The van der Waals surface area contributed by atoms with E-state index in [9.17, 15) is 0 Å². The molecule has 0 aliphatic heterocycles. The molecule has 2 aromatic rings. The zero-order valence-electron chi connectivity index (χ0n) is 9.29. The molecule has 0 atom stereocenters. The Kier molecular flexibility index (Phi) is 2.40. The van der Waals surface area contributed by atoms with Gasteiger partial charge in [0.15, 0.2) is 11.5 Å². The maximum Gasteiger partial charge on any atom is 0.198 e. The van der Waals surface area contributed by atoms with E-state index in [1.165, 1.54) is 25.7 Å². The number of nitrogens with zero attached hydrogens (tertiary/aromatic N) is 1. The summed E-state index contributed by atoms with van der Waals surface area (Å²) in [5, 5.41) is 0.733. The molecule has 16 heavy (non-hydrogen) atoms. The zero-order chi connectivity index (χ0) is 11.1. The average Bonchev–Trinajstić information content (AvgIpc) is 2.82. The molecule has 0 N–H and O–H groups in total. The summed E-state index contributed by atoms with van der Waals surface area (Å²) in [7, 11) is 0. The summed E-state index contributed by atoms with van der Waals surface area (Å²) in [6.45, 7) is 2.01. The average molecular weight is 236 g/mol. The Morgan fingerprint density at radius 3 is 2.81 bits per heavy atom. The van der Waals surface area contributed by atoms with E-state index in [0.29, 0.717) is 5.92 Å². The van der Waals surface area contributed by atoms with Crippen LogP contribution in [0, 0.1) is 6.92 Å². The van der Waals surface area contributed by atoms with Crippen LogP contribution in [0.4, 0.5) is 0 Å². The van der Waals surface area contributed by atoms with E-state index in [1.54, 1.807) is 0 Å². The highest BCUT2D eigenvalue weighted by Gasteiger charge is 2.22. The van der Waals surface area contributed by atoms with E-state index in [0.717, 1.165) is 27.6 Å². The number of halogens is 1. The van der Waals surface area contributed by atoms with E-state index in [2.05, 4.69) is 4.98 Å². The van der Waals surface area contributed by atoms with Gasteiger partial charge in [-0.25, -0.2) is 4.98 Å². The summed E-state index contributed by atoms with van der Waals surface area (Å²) in [5.74, 6) is 1.42. The molecule has 1 heterocycles. The van der Waals surface area contributed by atoms with Crippen molar-refractivity contribution in [1.29, 1.82) is 0 Å². The van der Waals surface area contributed by atoms with Crippen LogP contribution in [0.5, 0.6) is 0 Å². The van der Waals surface area contributed by atoms with Crippen LogP contribution in [0.15, 0.2) is 16.5 Å². The first-order valence-corrected chi connectivity index (χ1v) is 6.18. The van der Waals surface area contributed by atoms with Crippen LogP contribution in [0.25, 0.3) is 11.1 Å². The molecule has 1 aromatic carbocycles. The number of benzene rings is 1. The number of aryl methyl sites for hydroxylation is 1. The van der Waals surface area contributed by atoms with Crippen molar-refractivity contribution >= 4 is 22.7 Å². The van der Waals surface area contributed by atoms with E-state index < -0.39 is 0 Å². The lowest BCUT2D eigenvalue weighted by Crippen LogP contribution is -1.90. The Morgan fingerprint density at radius 1 is 1.31 bits per heavy atom. The van der Waals surface area contributed by atoms with Gasteiger partial charge in [-0.3, -0.25) is 0 Å². The fraction of sp³-hybridized carbons (Fsp3) is 0.462. The maximum absolute atomic E-state index is 6.01. The Labute approximate surface area is 99.6 Å². The Hall–Kier alpha value is -1.02. The first-order valence-electron chi connectivity index (χ1n) is 5.80. The molecule has 1 aromatic heterocycles. The van der Waals surface area contributed by atoms with Crippen LogP contribution < -0.4 is 0 Å². The number of hydrogen-bond acceptors (Lipinski definition) is 2. The topological polar surface area (TPSA) is 26.0 Å². The monoisotopic (exact) mass is 235 g/mol. The van der Waals surface area contributed by atoms with Gasteiger partial charge in [0.25, 0.3) is 0 Å². The summed E-state index contributed by atoms with van der Waals surface area (Å²) in [4.78, 5) is 4.57. The molecule has 0 saturated heterocycles. The number of fused-ring (bicyclic) bond motifs is 1. The van der Waals surface area contributed by atoms with Crippen LogP contribution in [0.1, 0.15) is 43.1 Å². The van der Waals surface area contributed by atoms with Crippen molar-refractivity contribution in [1.82, 2.24) is 4.98 Å². The number of aromatic nitrogens is 1. The van der Waals surface area contributed by atoms with Gasteiger partial charge < -0.3 is 4.42 Å². The van der Waals surface area contributed by atoms with E-state index in [4.69, 9.17) is 16.0 Å². The van der Waals surface area contributed by atoms with Gasteiger partial charge in [-0.05, 0) is 37.5 Å². The molecule has 0 unspecified atom stereocenters. The minimum absolute atomic E-state index is 0.519. The standard InChI is InChI=1S/C13H14ClNO/c1-8-6-10(14)7-11-12(8)16-13(15-11)9-4-2-3-5-9/h6-7,9H,2-5H2,1H3. The molecule has 1 fully saturated rings. The number of hydrogen-bond donors (Lipinski definition) is 0. The molecule has 2 nitrogen and oxygen atoms in total. The lowest BCUT2D eigenvalue weighted by molar-refractivity contribution is 0.473. The molecular weight excluding hydrogens is 222 g/mol. The smallest absolute Gasteiger partial charge is 0.198 e. The predicted molar refractivity (Wildman–Crippen MR) is 65.0 cm³/mol. The quantitative estimate of drug-likeness (QED) is 0.730. The lowest BCUT2D eigenvalue weighted by Gasteiger charge is -2.00. The summed E-state index contributed by atoms with van der Waals surface area (Å²) in [6.07, 6.45) is 5.01. The van der Waals surface area contributed by atoms with Crippen LogP contribution >= 0.6 is 11.6 Å². The van der Waals surface area contributed by atoms with Crippen molar-refractivity contribution in [2.45, 2.75) is 38.5 Å². The second-order valence-electron chi connectivity index (χ2n) is 4.60. The molecule has 0 bridgehead atoms. The van der Waals surface area contributed by atoms with E-state index in [1.807, 2.05) is 19.1 Å². The summed E-state index contributed by atoms with van der Waals surface area (Å²) in [5.41, 5.74) is 2.86. The van der Waals surface area contributed by atoms with Crippen molar-refractivity contribution in [2.24, 2.45) is 0 Å². The third-order valence-electron chi connectivity index (χ3n) is 3.36. The molecule has 0 spiro atoms. The third kappa shape index (κ3) is 1.61. The van der Waals surface area contributed by atoms with E-state index >= 15 is 0 Å².